The number of para-hydroxylation sites is 1. The molecule has 7 heteroatoms. The highest BCUT2D eigenvalue weighted by molar-refractivity contribution is 7.13. The van der Waals surface area contributed by atoms with Gasteiger partial charge in [-0.05, 0) is 18.1 Å². The van der Waals surface area contributed by atoms with Crippen molar-refractivity contribution in [3.8, 4) is 0 Å². The fraction of sp³-hybridized carbons (Fsp3) is 0.133. The van der Waals surface area contributed by atoms with E-state index in [1.807, 2.05) is 11.4 Å². The van der Waals surface area contributed by atoms with Gasteiger partial charge in [0, 0.05) is 23.8 Å². The molecule has 1 aliphatic heterocycles. The fourth-order valence-corrected chi connectivity index (χ4v) is 3.17. The molecule has 110 valence electrons. The van der Waals surface area contributed by atoms with Crippen LogP contribution in [0.3, 0.4) is 0 Å². The van der Waals surface area contributed by atoms with Crippen LogP contribution < -0.4 is 16.0 Å². The maximum absolute atomic E-state index is 6.28. The van der Waals surface area contributed by atoms with Gasteiger partial charge in [0.05, 0.1) is 0 Å². The van der Waals surface area contributed by atoms with Crippen LogP contribution in [0.15, 0.2) is 42.2 Å². The molecule has 3 N–H and O–H groups in total. The molecule has 0 unspecified atom stereocenters. The third kappa shape index (κ3) is 2.15. The highest BCUT2D eigenvalue weighted by atomic mass is 32.1. The Morgan fingerprint density at radius 3 is 2.95 bits per heavy atom. The molecule has 2 aromatic heterocycles. The Hall–Kier alpha value is -2.67. The summed E-state index contributed by atoms with van der Waals surface area (Å²) in [7, 11) is 0. The molecule has 0 aliphatic carbocycles. The smallest absolute Gasteiger partial charge is 0.188 e. The summed E-state index contributed by atoms with van der Waals surface area (Å²) in [5, 5.41) is 5.81. The van der Waals surface area contributed by atoms with Crippen molar-refractivity contribution in [2.75, 3.05) is 22.5 Å². The zero-order valence-corrected chi connectivity index (χ0v) is 12.5. The van der Waals surface area contributed by atoms with Gasteiger partial charge in [0.25, 0.3) is 0 Å². The van der Waals surface area contributed by atoms with Gasteiger partial charge in [0.1, 0.15) is 12.0 Å². The lowest BCUT2D eigenvalue weighted by Gasteiger charge is -2.20. The first-order valence-electron chi connectivity index (χ1n) is 6.95. The molecule has 1 aliphatic rings. The van der Waals surface area contributed by atoms with Crippen molar-refractivity contribution in [1.82, 2.24) is 15.0 Å². The number of nitrogens with one attached hydrogen (secondary N) is 1. The van der Waals surface area contributed by atoms with Crippen molar-refractivity contribution < 1.29 is 0 Å². The third-order valence-corrected chi connectivity index (χ3v) is 4.35. The van der Waals surface area contributed by atoms with Crippen molar-refractivity contribution in [1.29, 1.82) is 0 Å². The van der Waals surface area contributed by atoms with Gasteiger partial charge in [-0.3, -0.25) is 0 Å². The van der Waals surface area contributed by atoms with Crippen molar-refractivity contribution >= 4 is 39.5 Å². The van der Waals surface area contributed by atoms with Crippen LogP contribution in [0.25, 0.3) is 0 Å². The molecule has 0 spiro atoms. The quantitative estimate of drug-likeness (QED) is 0.774. The number of benzene rings is 1. The summed E-state index contributed by atoms with van der Waals surface area (Å²) in [6, 6.07) is 8.32. The normalized spacial score (nSPS) is 13.2. The van der Waals surface area contributed by atoms with Crippen LogP contribution in [-0.4, -0.2) is 21.5 Å². The van der Waals surface area contributed by atoms with Crippen molar-refractivity contribution in [3.63, 3.8) is 0 Å². The molecular weight excluding hydrogens is 296 g/mol. The minimum Gasteiger partial charge on any atom is -0.393 e. The van der Waals surface area contributed by atoms with Gasteiger partial charge in [0.15, 0.2) is 16.8 Å². The molecule has 0 saturated heterocycles. The Morgan fingerprint density at radius 1 is 1.18 bits per heavy atom. The highest BCUT2D eigenvalue weighted by Crippen LogP contribution is 2.38. The molecule has 4 rings (SSSR count). The first-order chi connectivity index (χ1) is 10.8. The lowest BCUT2D eigenvalue weighted by molar-refractivity contribution is 0.967. The van der Waals surface area contributed by atoms with Crippen LogP contribution in [0.2, 0.25) is 0 Å². The highest BCUT2D eigenvalue weighted by Gasteiger charge is 2.24. The van der Waals surface area contributed by atoms with Crippen molar-refractivity contribution in [2.24, 2.45) is 0 Å². The van der Waals surface area contributed by atoms with Gasteiger partial charge in [0.2, 0.25) is 0 Å². The van der Waals surface area contributed by atoms with Crippen molar-refractivity contribution in [2.45, 2.75) is 6.42 Å². The predicted octanol–water partition coefficient (Wildman–Crippen LogP) is 2.95. The molecule has 0 bridgehead atoms. The van der Waals surface area contributed by atoms with Crippen LogP contribution in [0.1, 0.15) is 5.56 Å². The van der Waals surface area contributed by atoms with Gasteiger partial charge < -0.3 is 16.0 Å². The first kappa shape index (κ1) is 13.0. The van der Waals surface area contributed by atoms with Gasteiger partial charge in [-0.1, -0.05) is 18.2 Å². The maximum Gasteiger partial charge on any atom is 0.188 e. The van der Waals surface area contributed by atoms with E-state index in [2.05, 4.69) is 43.4 Å². The summed E-state index contributed by atoms with van der Waals surface area (Å²) in [6.45, 7) is 0.872. The molecule has 3 heterocycles. The fourth-order valence-electron chi connectivity index (χ4n) is 2.65. The van der Waals surface area contributed by atoms with Crippen LogP contribution in [0.5, 0.6) is 0 Å². The Balaban J connectivity index is 1.71. The van der Waals surface area contributed by atoms with Gasteiger partial charge in [-0.2, -0.15) is 0 Å². The van der Waals surface area contributed by atoms with Gasteiger partial charge in [-0.15, -0.1) is 11.3 Å². The molecule has 1 aromatic carbocycles. The SMILES string of the molecule is Nc1c(Nc2nccs2)ncnc1N1CCc2ccccc21. The Labute approximate surface area is 131 Å². The Bertz CT molecular complexity index is 802. The third-order valence-electron chi connectivity index (χ3n) is 3.66. The molecule has 0 amide bonds. The lowest BCUT2D eigenvalue weighted by Crippen LogP contribution is -2.17. The average Bonchev–Trinajstić information content (AvgIpc) is 3.19. The van der Waals surface area contributed by atoms with E-state index in [1.165, 1.54) is 23.2 Å². The zero-order valence-electron chi connectivity index (χ0n) is 11.7. The minimum absolute atomic E-state index is 0.536. The molecule has 6 nitrogen and oxygen atoms in total. The summed E-state index contributed by atoms with van der Waals surface area (Å²) in [5.41, 5.74) is 9.30. The Morgan fingerprint density at radius 2 is 2.09 bits per heavy atom. The van der Waals surface area contributed by atoms with E-state index in [1.54, 1.807) is 6.20 Å². The molecule has 0 saturated carbocycles. The molecule has 0 radical (unpaired) electrons. The summed E-state index contributed by atoms with van der Waals surface area (Å²) >= 11 is 1.50. The van der Waals surface area contributed by atoms with Crippen LogP contribution in [0, 0.1) is 0 Å². The average molecular weight is 310 g/mol. The van der Waals surface area contributed by atoms with Gasteiger partial charge >= 0.3 is 0 Å². The molecule has 3 aromatic rings. The molecule has 22 heavy (non-hydrogen) atoms. The lowest BCUT2D eigenvalue weighted by atomic mass is 10.2. The zero-order chi connectivity index (χ0) is 14.9. The number of hydrogen-bond donors (Lipinski definition) is 2. The number of anilines is 5. The van der Waals surface area contributed by atoms with E-state index in [0.717, 1.165) is 29.6 Å². The number of aromatic nitrogens is 3. The first-order valence-corrected chi connectivity index (χ1v) is 7.83. The van der Waals surface area contributed by atoms with Crippen molar-refractivity contribution in [3.05, 3.63) is 47.7 Å². The standard InChI is InChI=1S/C15H14N6S/c16-12-13(20-15-17-6-8-22-15)18-9-19-14(12)21-7-5-10-3-1-2-4-11(10)21/h1-4,6,8-9H,5,7,16H2,(H,17,18,19,20). The van der Waals surface area contributed by atoms with Crippen LogP contribution in [0.4, 0.5) is 28.1 Å². The number of hydrogen-bond acceptors (Lipinski definition) is 7. The van der Waals surface area contributed by atoms with Crippen LogP contribution in [-0.2, 0) is 6.42 Å². The van der Waals surface area contributed by atoms with E-state index in [9.17, 15) is 0 Å². The molecular formula is C15H14N6S. The monoisotopic (exact) mass is 310 g/mol. The summed E-state index contributed by atoms with van der Waals surface area (Å²) in [6.07, 6.45) is 4.26. The number of nitrogens with zero attached hydrogens (tertiary/aromatic N) is 4. The second-order valence-electron chi connectivity index (χ2n) is 4.95. The molecule has 0 atom stereocenters. The van der Waals surface area contributed by atoms with E-state index in [-0.39, 0.29) is 0 Å². The second kappa shape index (κ2) is 5.27. The number of thiazole rings is 1. The second-order valence-corrected chi connectivity index (χ2v) is 5.85. The van der Waals surface area contributed by atoms with Gasteiger partial charge in [-0.25, -0.2) is 15.0 Å². The number of rotatable bonds is 3. The number of nitrogen functional groups attached to an aromatic ring is 1. The number of fused-ring (bicyclic) bond motifs is 1. The topological polar surface area (TPSA) is 80.0 Å². The summed E-state index contributed by atoms with van der Waals surface area (Å²) < 4.78 is 0. The van der Waals surface area contributed by atoms with E-state index in [4.69, 9.17) is 5.73 Å². The minimum atomic E-state index is 0.536. The number of nitrogens with two attached hydrogens (primary N) is 1. The van der Waals surface area contributed by atoms with E-state index >= 15 is 0 Å². The summed E-state index contributed by atoms with van der Waals surface area (Å²) in [4.78, 5) is 14.9. The van der Waals surface area contributed by atoms with Crippen LogP contribution >= 0.6 is 11.3 Å². The summed E-state index contributed by atoms with van der Waals surface area (Å²) in [5.74, 6) is 1.32. The van der Waals surface area contributed by atoms with E-state index < -0.39 is 0 Å². The largest absolute Gasteiger partial charge is 0.393 e. The molecule has 0 fully saturated rings. The van der Waals surface area contributed by atoms with E-state index in [0.29, 0.717) is 11.5 Å². The predicted molar refractivity (Wildman–Crippen MR) is 89.0 cm³/mol. The maximum atomic E-state index is 6.28. The Kier molecular flexibility index (Phi) is 3.12.